The first kappa shape index (κ1) is 16.2. The van der Waals surface area contributed by atoms with Gasteiger partial charge in [0.05, 0.1) is 0 Å². The van der Waals surface area contributed by atoms with Crippen molar-refractivity contribution in [2.75, 3.05) is 44.7 Å². The summed E-state index contributed by atoms with van der Waals surface area (Å²) in [4.78, 5) is 9.22. The Kier molecular flexibility index (Phi) is 5.55. The van der Waals surface area contributed by atoms with Gasteiger partial charge in [-0.05, 0) is 45.1 Å². The number of hydrogen-bond donors (Lipinski definition) is 1. The molecule has 1 aromatic rings. The van der Waals surface area contributed by atoms with Crippen molar-refractivity contribution < 1.29 is 8.42 Å². The molecule has 1 aromatic heterocycles. The molecular formula is C14H24N4O2S. The molecule has 1 aliphatic rings. The highest BCUT2D eigenvalue weighted by atomic mass is 32.2. The van der Waals surface area contributed by atoms with Crippen LogP contribution in [-0.2, 0) is 10.0 Å². The molecule has 1 N–H and O–H groups in total. The first-order chi connectivity index (χ1) is 10.1. The van der Waals surface area contributed by atoms with Crippen LogP contribution >= 0.6 is 0 Å². The highest BCUT2D eigenvalue weighted by molar-refractivity contribution is 7.89. The summed E-state index contributed by atoms with van der Waals surface area (Å²) in [7, 11) is -2.01. The lowest BCUT2D eigenvalue weighted by molar-refractivity contribution is 0.294. The molecule has 21 heavy (non-hydrogen) atoms. The summed E-state index contributed by atoms with van der Waals surface area (Å²) in [6.07, 6.45) is 3.71. The summed E-state index contributed by atoms with van der Waals surface area (Å²) in [5, 5.41) is 0. The van der Waals surface area contributed by atoms with Crippen molar-refractivity contribution in [1.29, 1.82) is 0 Å². The van der Waals surface area contributed by atoms with Crippen LogP contribution in [-0.4, -0.2) is 58.1 Å². The first-order valence-electron chi connectivity index (χ1n) is 7.43. The van der Waals surface area contributed by atoms with Crippen LogP contribution in [0.3, 0.4) is 0 Å². The number of hydrogen-bond acceptors (Lipinski definition) is 5. The molecule has 1 fully saturated rings. The van der Waals surface area contributed by atoms with E-state index in [0.717, 1.165) is 45.0 Å². The van der Waals surface area contributed by atoms with Gasteiger partial charge in [-0.25, -0.2) is 18.1 Å². The Bertz CT molecular complexity index is 545. The molecule has 7 heteroatoms. The van der Waals surface area contributed by atoms with Crippen molar-refractivity contribution in [3.8, 4) is 0 Å². The molecule has 0 spiro atoms. The fourth-order valence-corrected chi connectivity index (χ4v) is 3.25. The van der Waals surface area contributed by atoms with E-state index in [-0.39, 0.29) is 4.90 Å². The molecule has 2 rings (SSSR count). The van der Waals surface area contributed by atoms with Gasteiger partial charge in [-0.15, -0.1) is 0 Å². The molecule has 0 bridgehead atoms. The lowest BCUT2D eigenvalue weighted by Crippen LogP contribution is -2.31. The molecule has 118 valence electrons. The zero-order valence-corrected chi connectivity index (χ0v) is 13.6. The van der Waals surface area contributed by atoms with Crippen molar-refractivity contribution >= 4 is 15.8 Å². The van der Waals surface area contributed by atoms with Gasteiger partial charge in [0, 0.05) is 25.8 Å². The largest absolute Gasteiger partial charge is 0.355 e. The normalized spacial score (nSPS) is 17.7. The Balaban J connectivity index is 2.05. The van der Waals surface area contributed by atoms with Gasteiger partial charge in [-0.2, -0.15) is 0 Å². The standard InChI is InChI=1S/C14H24N4O2S/c1-3-7-17-8-4-9-18(11-10-17)14-6-5-13(12-16-14)21(19,20)15-2/h5-6,12,15H,3-4,7-11H2,1-2H3. The van der Waals surface area contributed by atoms with Gasteiger partial charge in [0.25, 0.3) is 0 Å². The van der Waals surface area contributed by atoms with E-state index in [0.29, 0.717) is 0 Å². The molecule has 0 aliphatic carbocycles. The summed E-state index contributed by atoms with van der Waals surface area (Å²) in [6, 6.07) is 3.41. The van der Waals surface area contributed by atoms with E-state index in [1.165, 1.54) is 19.7 Å². The maximum absolute atomic E-state index is 11.7. The van der Waals surface area contributed by atoms with E-state index < -0.39 is 10.0 Å². The second kappa shape index (κ2) is 7.20. The van der Waals surface area contributed by atoms with Crippen LogP contribution in [0.25, 0.3) is 0 Å². The fourth-order valence-electron chi connectivity index (χ4n) is 2.58. The zero-order chi connectivity index (χ0) is 15.3. The van der Waals surface area contributed by atoms with Crippen LogP contribution in [0.4, 0.5) is 5.82 Å². The fraction of sp³-hybridized carbons (Fsp3) is 0.643. The van der Waals surface area contributed by atoms with Crippen molar-refractivity contribution in [2.24, 2.45) is 0 Å². The SMILES string of the molecule is CCCN1CCCN(c2ccc(S(=O)(=O)NC)cn2)CC1. The molecule has 6 nitrogen and oxygen atoms in total. The summed E-state index contributed by atoms with van der Waals surface area (Å²) in [5.74, 6) is 0.850. The first-order valence-corrected chi connectivity index (χ1v) is 8.92. The Labute approximate surface area is 127 Å². The Morgan fingerprint density at radius 3 is 2.67 bits per heavy atom. The van der Waals surface area contributed by atoms with Crippen LogP contribution in [0.5, 0.6) is 0 Å². The van der Waals surface area contributed by atoms with Gasteiger partial charge in [-0.1, -0.05) is 6.92 Å². The second-order valence-corrected chi connectivity index (χ2v) is 7.13. The van der Waals surface area contributed by atoms with E-state index >= 15 is 0 Å². The summed E-state index contributed by atoms with van der Waals surface area (Å²) in [5.41, 5.74) is 0. The van der Waals surface area contributed by atoms with E-state index in [4.69, 9.17) is 0 Å². The van der Waals surface area contributed by atoms with E-state index in [9.17, 15) is 8.42 Å². The lowest BCUT2D eigenvalue weighted by Gasteiger charge is -2.22. The smallest absolute Gasteiger partial charge is 0.241 e. The third-order valence-electron chi connectivity index (χ3n) is 3.75. The van der Waals surface area contributed by atoms with E-state index in [1.54, 1.807) is 12.1 Å². The molecule has 2 heterocycles. The zero-order valence-electron chi connectivity index (χ0n) is 12.7. The number of nitrogens with one attached hydrogen (secondary N) is 1. The lowest BCUT2D eigenvalue weighted by atomic mass is 10.3. The van der Waals surface area contributed by atoms with Crippen LogP contribution in [0.15, 0.2) is 23.2 Å². The van der Waals surface area contributed by atoms with Crippen LogP contribution in [0, 0.1) is 0 Å². The van der Waals surface area contributed by atoms with Crippen LogP contribution in [0.1, 0.15) is 19.8 Å². The molecule has 0 saturated carbocycles. The van der Waals surface area contributed by atoms with Crippen molar-refractivity contribution in [1.82, 2.24) is 14.6 Å². The Hall–Kier alpha value is -1.18. The maximum atomic E-state index is 11.7. The van der Waals surface area contributed by atoms with Gasteiger partial charge in [0.15, 0.2) is 0 Å². The highest BCUT2D eigenvalue weighted by Gasteiger charge is 2.17. The third kappa shape index (κ3) is 4.15. The van der Waals surface area contributed by atoms with E-state index in [2.05, 4.69) is 26.4 Å². The van der Waals surface area contributed by atoms with Crippen molar-refractivity contribution in [3.05, 3.63) is 18.3 Å². The minimum atomic E-state index is -3.41. The Morgan fingerprint density at radius 2 is 2.05 bits per heavy atom. The predicted octanol–water partition coefficient (Wildman–Crippen LogP) is 0.912. The summed E-state index contributed by atoms with van der Waals surface area (Å²) < 4.78 is 25.7. The monoisotopic (exact) mass is 312 g/mol. The summed E-state index contributed by atoms with van der Waals surface area (Å²) in [6.45, 7) is 7.39. The van der Waals surface area contributed by atoms with Gasteiger partial charge >= 0.3 is 0 Å². The number of rotatable bonds is 5. The van der Waals surface area contributed by atoms with Crippen LogP contribution in [0.2, 0.25) is 0 Å². The number of sulfonamides is 1. The minimum Gasteiger partial charge on any atom is -0.355 e. The molecule has 1 saturated heterocycles. The molecule has 0 atom stereocenters. The topological polar surface area (TPSA) is 65.5 Å². The molecule has 0 amide bonds. The second-order valence-electron chi connectivity index (χ2n) is 5.24. The average Bonchev–Trinajstić information content (AvgIpc) is 2.73. The van der Waals surface area contributed by atoms with Crippen molar-refractivity contribution in [3.63, 3.8) is 0 Å². The van der Waals surface area contributed by atoms with Gasteiger partial charge in [0.2, 0.25) is 10.0 Å². The van der Waals surface area contributed by atoms with Crippen molar-refractivity contribution in [2.45, 2.75) is 24.7 Å². The molecule has 0 aromatic carbocycles. The summed E-state index contributed by atoms with van der Waals surface area (Å²) >= 11 is 0. The molecular weight excluding hydrogens is 288 g/mol. The Morgan fingerprint density at radius 1 is 1.24 bits per heavy atom. The quantitative estimate of drug-likeness (QED) is 0.875. The van der Waals surface area contributed by atoms with Gasteiger partial charge in [0.1, 0.15) is 10.7 Å². The third-order valence-corrected chi connectivity index (χ3v) is 5.15. The number of nitrogens with zero attached hydrogens (tertiary/aromatic N) is 3. The van der Waals surface area contributed by atoms with Gasteiger partial charge < -0.3 is 9.80 Å². The van der Waals surface area contributed by atoms with E-state index in [1.807, 2.05) is 0 Å². The average molecular weight is 312 g/mol. The highest BCUT2D eigenvalue weighted by Crippen LogP contribution is 2.16. The molecule has 0 unspecified atom stereocenters. The number of anilines is 1. The van der Waals surface area contributed by atoms with Gasteiger partial charge in [-0.3, -0.25) is 0 Å². The molecule has 0 radical (unpaired) electrons. The molecule has 1 aliphatic heterocycles. The van der Waals surface area contributed by atoms with Crippen LogP contribution < -0.4 is 9.62 Å². The number of aromatic nitrogens is 1. The maximum Gasteiger partial charge on any atom is 0.241 e. The predicted molar refractivity (Wildman–Crippen MR) is 84.0 cm³/mol. The number of pyridine rings is 1. The minimum absolute atomic E-state index is 0.205.